The van der Waals surface area contributed by atoms with E-state index in [4.69, 9.17) is 15.5 Å². The number of piperazine rings is 1. The van der Waals surface area contributed by atoms with Crippen molar-refractivity contribution in [3.63, 3.8) is 0 Å². The number of hydrogen-bond acceptors (Lipinski definition) is 5. The number of amides is 3. The highest BCUT2D eigenvalue weighted by molar-refractivity contribution is 5.77. The van der Waals surface area contributed by atoms with Gasteiger partial charge in [-0.15, -0.1) is 0 Å². The lowest BCUT2D eigenvalue weighted by Gasteiger charge is -2.33. The van der Waals surface area contributed by atoms with Crippen molar-refractivity contribution in [3.8, 4) is 0 Å². The Bertz CT molecular complexity index is 828. The van der Waals surface area contributed by atoms with Crippen molar-refractivity contribution in [1.29, 1.82) is 0 Å². The molecule has 9 nitrogen and oxygen atoms in total. The number of ether oxygens (including phenoxy) is 1. The maximum absolute atomic E-state index is 12.5. The molecular weight excluding hydrogens is 360 g/mol. The fourth-order valence-corrected chi connectivity index (χ4v) is 3.66. The second kappa shape index (κ2) is 9.01. The van der Waals surface area contributed by atoms with Gasteiger partial charge < -0.3 is 24.8 Å². The number of carbonyl (C=O) groups is 2. The number of hydrogen-bond donors (Lipinski definition) is 1. The van der Waals surface area contributed by atoms with Crippen molar-refractivity contribution in [2.75, 3.05) is 39.9 Å². The molecule has 0 radical (unpaired) electrons. The summed E-state index contributed by atoms with van der Waals surface area (Å²) in [5.41, 5.74) is 6.98. The average molecular weight is 388 g/mol. The van der Waals surface area contributed by atoms with E-state index in [-0.39, 0.29) is 11.9 Å². The Morgan fingerprint density at radius 2 is 1.96 bits per heavy atom. The average Bonchev–Trinajstić information content (AvgIpc) is 3.06. The van der Waals surface area contributed by atoms with E-state index in [2.05, 4.69) is 16.5 Å². The lowest BCUT2D eigenvalue weighted by molar-refractivity contribution is -0.132. The molecule has 9 heteroatoms. The molecule has 3 amide bonds. The zero-order chi connectivity index (χ0) is 20.1. The maximum atomic E-state index is 12.5. The summed E-state index contributed by atoms with van der Waals surface area (Å²) >= 11 is 0. The van der Waals surface area contributed by atoms with Gasteiger partial charge in [-0.25, -0.2) is 14.8 Å². The first-order valence-corrected chi connectivity index (χ1v) is 9.64. The van der Waals surface area contributed by atoms with E-state index in [1.54, 1.807) is 23.1 Å². The summed E-state index contributed by atoms with van der Waals surface area (Å²) in [5.74, 6) is 1.03. The molecule has 0 spiro atoms. The first-order valence-electron chi connectivity index (χ1n) is 9.64. The summed E-state index contributed by atoms with van der Waals surface area (Å²) in [5, 5.41) is 0. The Morgan fingerprint density at radius 1 is 1.25 bits per heavy atom. The van der Waals surface area contributed by atoms with Crippen LogP contribution in [0.4, 0.5) is 4.79 Å². The third kappa shape index (κ3) is 4.41. The topological polar surface area (TPSA) is 107 Å². The number of rotatable bonds is 7. The van der Waals surface area contributed by atoms with Crippen LogP contribution in [-0.2, 0) is 16.0 Å². The van der Waals surface area contributed by atoms with Gasteiger partial charge in [0.1, 0.15) is 11.3 Å². The third-order valence-electron chi connectivity index (χ3n) is 5.11. The Kier molecular flexibility index (Phi) is 6.45. The minimum atomic E-state index is -0.426. The van der Waals surface area contributed by atoms with Gasteiger partial charge in [0, 0.05) is 52.3 Å². The van der Waals surface area contributed by atoms with Crippen LogP contribution in [0.1, 0.15) is 31.6 Å². The number of pyridine rings is 1. The van der Waals surface area contributed by atoms with Crippen molar-refractivity contribution in [3.05, 3.63) is 24.2 Å². The van der Waals surface area contributed by atoms with Crippen molar-refractivity contribution in [1.82, 2.24) is 24.3 Å². The van der Waals surface area contributed by atoms with Crippen LogP contribution in [0.2, 0.25) is 0 Å². The zero-order valence-corrected chi connectivity index (χ0v) is 16.5. The predicted molar refractivity (Wildman–Crippen MR) is 105 cm³/mol. The summed E-state index contributed by atoms with van der Waals surface area (Å²) in [6, 6.07) is 3.51. The number of fused-ring (bicyclic) bond motifs is 1. The van der Waals surface area contributed by atoms with E-state index < -0.39 is 6.03 Å². The molecule has 0 saturated carbocycles. The van der Waals surface area contributed by atoms with E-state index in [1.807, 2.05) is 12.1 Å². The molecule has 1 atom stereocenters. The van der Waals surface area contributed by atoms with Crippen molar-refractivity contribution in [2.45, 2.75) is 32.2 Å². The van der Waals surface area contributed by atoms with Crippen LogP contribution in [-0.4, -0.2) is 76.2 Å². The van der Waals surface area contributed by atoms with E-state index in [0.29, 0.717) is 52.0 Å². The molecule has 3 rings (SSSR count). The summed E-state index contributed by atoms with van der Waals surface area (Å²) in [7, 11) is 1.68. The Labute approximate surface area is 164 Å². The normalized spacial score (nSPS) is 15.8. The molecule has 2 aromatic rings. The summed E-state index contributed by atoms with van der Waals surface area (Å²) in [6.07, 6.45) is 3.61. The van der Waals surface area contributed by atoms with Crippen LogP contribution in [0.5, 0.6) is 0 Å². The zero-order valence-electron chi connectivity index (χ0n) is 16.5. The van der Waals surface area contributed by atoms with E-state index in [0.717, 1.165) is 17.0 Å². The predicted octanol–water partition coefficient (Wildman–Crippen LogP) is 1.18. The van der Waals surface area contributed by atoms with Gasteiger partial charge in [-0.2, -0.15) is 0 Å². The largest absolute Gasteiger partial charge is 0.383 e. The Hall–Kier alpha value is -2.68. The molecule has 28 heavy (non-hydrogen) atoms. The number of aromatic nitrogens is 3. The second-order valence-corrected chi connectivity index (χ2v) is 7.11. The molecule has 1 fully saturated rings. The number of nitrogens with two attached hydrogens (primary N) is 1. The molecule has 3 heterocycles. The van der Waals surface area contributed by atoms with Gasteiger partial charge in [0.05, 0.1) is 12.6 Å². The van der Waals surface area contributed by atoms with Gasteiger partial charge in [-0.1, -0.05) is 0 Å². The lowest BCUT2D eigenvalue weighted by atomic mass is 10.2. The highest BCUT2D eigenvalue weighted by Crippen LogP contribution is 2.21. The summed E-state index contributed by atoms with van der Waals surface area (Å²) < 4.78 is 7.41. The maximum Gasteiger partial charge on any atom is 0.314 e. The number of aryl methyl sites for hydroxylation is 1. The van der Waals surface area contributed by atoms with Crippen LogP contribution in [0.3, 0.4) is 0 Å². The number of urea groups is 1. The molecule has 0 aliphatic carbocycles. The summed E-state index contributed by atoms with van der Waals surface area (Å²) in [6.45, 7) is 4.71. The molecular formula is C19H28N6O3. The number of nitrogens with zero attached hydrogens (tertiary/aromatic N) is 5. The van der Waals surface area contributed by atoms with Gasteiger partial charge in [0.15, 0.2) is 5.65 Å². The molecule has 1 unspecified atom stereocenters. The van der Waals surface area contributed by atoms with E-state index >= 15 is 0 Å². The van der Waals surface area contributed by atoms with Crippen molar-refractivity contribution < 1.29 is 14.3 Å². The molecule has 0 aromatic carbocycles. The Balaban J connectivity index is 1.60. The smallest absolute Gasteiger partial charge is 0.314 e. The van der Waals surface area contributed by atoms with Crippen LogP contribution < -0.4 is 5.73 Å². The molecule has 1 saturated heterocycles. The molecule has 0 bridgehead atoms. The van der Waals surface area contributed by atoms with Gasteiger partial charge in [0.25, 0.3) is 0 Å². The fourth-order valence-electron chi connectivity index (χ4n) is 3.66. The van der Waals surface area contributed by atoms with Gasteiger partial charge in [-0.3, -0.25) is 4.79 Å². The Morgan fingerprint density at radius 3 is 2.64 bits per heavy atom. The van der Waals surface area contributed by atoms with Crippen molar-refractivity contribution >= 4 is 23.1 Å². The van der Waals surface area contributed by atoms with Crippen LogP contribution >= 0.6 is 0 Å². The first-order chi connectivity index (χ1) is 13.5. The van der Waals surface area contributed by atoms with Gasteiger partial charge in [0.2, 0.25) is 5.91 Å². The lowest BCUT2D eigenvalue weighted by Crippen LogP contribution is -2.52. The second-order valence-electron chi connectivity index (χ2n) is 7.11. The minimum absolute atomic E-state index is 0.106. The van der Waals surface area contributed by atoms with E-state index in [9.17, 15) is 9.59 Å². The van der Waals surface area contributed by atoms with Crippen LogP contribution in [0.15, 0.2) is 18.3 Å². The summed E-state index contributed by atoms with van der Waals surface area (Å²) in [4.78, 5) is 36.2. The number of carbonyl (C=O) groups excluding carboxylic acids is 2. The number of primary amides is 1. The van der Waals surface area contributed by atoms with E-state index in [1.165, 1.54) is 0 Å². The van der Waals surface area contributed by atoms with Crippen LogP contribution in [0.25, 0.3) is 11.2 Å². The number of methoxy groups -OCH3 is 1. The first kappa shape index (κ1) is 20.1. The highest BCUT2D eigenvalue weighted by Gasteiger charge is 2.23. The molecule has 1 aliphatic rings. The van der Waals surface area contributed by atoms with Gasteiger partial charge in [-0.05, 0) is 25.5 Å². The van der Waals surface area contributed by atoms with Crippen molar-refractivity contribution in [2.24, 2.45) is 5.73 Å². The molecule has 152 valence electrons. The quantitative estimate of drug-likeness (QED) is 0.767. The third-order valence-corrected chi connectivity index (χ3v) is 5.11. The SMILES string of the molecule is COCC(C)n1c(CCCC(=O)N2CCN(C(N)=O)CC2)nc2cccnc21. The van der Waals surface area contributed by atoms with Crippen LogP contribution in [0, 0.1) is 0 Å². The monoisotopic (exact) mass is 388 g/mol. The minimum Gasteiger partial charge on any atom is -0.383 e. The number of imidazole rings is 1. The molecule has 2 N–H and O–H groups in total. The standard InChI is InChI=1S/C19H28N6O3/c1-14(13-28-2)25-16(22-15-5-4-8-21-18(15)25)6-3-7-17(26)23-9-11-24(12-10-23)19(20)27/h4-5,8,14H,3,6-7,9-13H2,1-2H3,(H2,20,27). The van der Waals surface area contributed by atoms with Gasteiger partial charge >= 0.3 is 6.03 Å². The fraction of sp³-hybridized carbons (Fsp3) is 0.579. The molecule has 2 aromatic heterocycles. The molecule has 1 aliphatic heterocycles. The highest BCUT2D eigenvalue weighted by atomic mass is 16.5.